The van der Waals surface area contributed by atoms with Gasteiger partial charge < -0.3 is 24.2 Å². The molecule has 0 aliphatic carbocycles. The number of carboxylic acid groups (broad SMARTS) is 1. The molecule has 7 heteroatoms. The molecule has 0 fully saturated rings. The Kier molecular flexibility index (Phi) is 5.21. The van der Waals surface area contributed by atoms with E-state index in [9.17, 15) is 14.7 Å². The van der Waals surface area contributed by atoms with E-state index in [1.807, 2.05) is 12.1 Å². The number of nitrogens with zero attached hydrogens (tertiary/aromatic N) is 1. The Bertz CT molecular complexity index is 854. The van der Waals surface area contributed by atoms with Crippen LogP contribution < -0.4 is 14.2 Å². The topological polar surface area (TPSA) is 85.3 Å². The van der Waals surface area contributed by atoms with Gasteiger partial charge in [-0.05, 0) is 29.3 Å². The molecule has 2 aromatic carbocycles. The summed E-state index contributed by atoms with van der Waals surface area (Å²) in [6.07, 6.45) is -0.238. The summed E-state index contributed by atoms with van der Waals surface area (Å²) in [5, 5.41) is 9.44. The number of amides is 1. The van der Waals surface area contributed by atoms with Crippen molar-refractivity contribution in [2.45, 2.75) is 19.0 Å². The van der Waals surface area contributed by atoms with E-state index in [2.05, 4.69) is 0 Å². The Morgan fingerprint density at radius 2 is 1.74 bits per heavy atom. The van der Waals surface area contributed by atoms with Gasteiger partial charge in [-0.1, -0.05) is 18.2 Å². The quantitative estimate of drug-likeness (QED) is 0.806. The monoisotopic (exact) mass is 371 g/mol. The van der Waals surface area contributed by atoms with Gasteiger partial charge in [0.25, 0.3) is 5.91 Å². The zero-order chi connectivity index (χ0) is 19.6. The molecule has 1 heterocycles. The summed E-state index contributed by atoms with van der Waals surface area (Å²) in [7, 11) is 4.48. The van der Waals surface area contributed by atoms with Gasteiger partial charge in [-0.15, -0.1) is 0 Å². The molecule has 1 amide bonds. The summed E-state index contributed by atoms with van der Waals surface area (Å²) < 4.78 is 16.1. The highest BCUT2D eigenvalue weighted by molar-refractivity contribution is 5.98. The molecule has 0 unspecified atom stereocenters. The Labute approximate surface area is 157 Å². The second-order valence-corrected chi connectivity index (χ2v) is 6.16. The second kappa shape index (κ2) is 7.57. The minimum Gasteiger partial charge on any atom is -0.493 e. The molecule has 0 aromatic heterocycles. The van der Waals surface area contributed by atoms with Crippen molar-refractivity contribution < 1.29 is 28.9 Å². The average molecular weight is 371 g/mol. The van der Waals surface area contributed by atoms with Crippen molar-refractivity contribution in [3.63, 3.8) is 0 Å². The molecule has 27 heavy (non-hydrogen) atoms. The largest absolute Gasteiger partial charge is 0.493 e. The van der Waals surface area contributed by atoms with Crippen molar-refractivity contribution in [2.24, 2.45) is 0 Å². The van der Waals surface area contributed by atoms with Gasteiger partial charge in [-0.3, -0.25) is 9.59 Å². The van der Waals surface area contributed by atoms with E-state index in [1.54, 1.807) is 29.2 Å². The Balaban J connectivity index is 2.07. The summed E-state index contributed by atoms with van der Waals surface area (Å²) in [6, 6.07) is 9.99. The van der Waals surface area contributed by atoms with Crippen LogP contribution in [-0.4, -0.2) is 43.2 Å². The van der Waals surface area contributed by atoms with Crippen LogP contribution in [0.25, 0.3) is 0 Å². The van der Waals surface area contributed by atoms with Gasteiger partial charge in [0.05, 0.1) is 33.8 Å². The van der Waals surface area contributed by atoms with Gasteiger partial charge in [0.15, 0.2) is 11.5 Å². The second-order valence-electron chi connectivity index (χ2n) is 6.16. The SMILES string of the molecule is COc1cc([C@@H](CC(=O)O)N2Cc3ccccc3C2=O)cc(OC)c1OC. The lowest BCUT2D eigenvalue weighted by Crippen LogP contribution is -2.31. The number of rotatable bonds is 7. The molecule has 1 aliphatic heterocycles. The molecule has 142 valence electrons. The molecule has 7 nitrogen and oxygen atoms in total. The highest BCUT2D eigenvalue weighted by Gasteiger charge is 2.35. The van der Waals surface area contributed by atoms with Crippen LogP contribution >= 0.6 is 0 Å². The highest BCUT2D eigenvalue weighted by Crippen LogP contribution is 2.42. The number of carboxylic acids is 1. The summed E-state index contributed by atoms with van der Waals surface area (Å²) in [5.74, 6) is 0.0368. The van der Waals surface area contributed by atoms with E-state index < -0.39 is 12.0 Å². The molecule has 0 spiro atoms. The van der Waals surface area contributed by atoms with Gasteiger partial charge in [-0.25, -0.2) is 0 Å². The van der Waals surface area contributed by atoms with E-state index in [-0.39, 0.29) is 12.3 Å². The summed E-state index contributed by atoms with van der Waals surface area (Å²) in [5.41, 5.74) is 2.08. The molecule has 0 saturated heterocycles. The first-order chi connectivity index (χ1) is 13.0. The Morgan fingerprint density at radius 3 is 2.26 bits per heavy atom. The van der Waals surface area contributed by atoms with Crippen LogP contribution in [0.15, 0.2) is 36.4 Å². The van der Waals surface area contributed by atoms with Crippen molar-refractivity contribution in [1.29, 1.82) is 0 Å². The number of methoxy groups -OCH3 is 3. The maximum absolute atomic E-state index is 12.9. The number of carbonyl (C=O) groups excluding carboxylic acids is 1. The average Bonchev–Trinajstić information content (AvgIpc) is 3.01. The lowest BCUT2D eigenvalue weighted by molar-refractivity contribution is -0.138. The van der Waals surface area contributed by atoms with Crippen LogP contribution in [-0.2, 0) is 11.3 Å². The molecule has 0 bridgehead atoms. The van der Waals surface area contributed by atoms with E-state index in [0.717, 1.165) is 5.56 Å². The minimum absolute atomic E-state index is 0.189. The van der Waals surface area contributed by atoms with Crippen LogP contribution in [0.3, 0.4) is 0 Å². The van der Waals surface area contributed by atoms with Crippen molar-refractivity contribution in [1.82, 2.24) is 4.90 Å². The van der Waals surface area contributed by atoms with Gasteiger partial charge in [0, 0.05) is 12.1 Å². The van der Waals surface area contributed by atoms with Crippen molar-refractivity contribution in [3.05, 3.63) is 53.1 Å². The number of benzene rings is 2. The number of hydrogen-bond acceptors (Lipinski definition) is 5. The van der Waals surface area contributed by atoms with Crippen LogP contribution in [0.1, 0.15) is 33.9 Å². The zero-order valence-corrected chi connectivity index (χ0v) is 15.4. The third kappa shape index (κ3) is 3.40. The van der Waals surface area contributed by atoms with E-state index in [0.29, 0.717) is 34.9 Å². The fourth-order valence-corrected chi connectivity index (χ4v) is 3.40. The predicted molar refractivity (Wildman–Crippen MR) is 97.4 cm³/mol. The Morgan fingerprint density at radius 1 is 1.11 bits per heavy atom. The van der Waals surface area contributed by atoms with Gasteiger partial charge in [-0.2, -0.15) is 0 Å². The molecule has 1 aliphatic rings. The van der Waals surface area contributed by atoms with Crippen molar-refractivity contribution >= 4 is 11.9 Å². The first-order valence-electron chi connectivity index (χ1n) is 8.40. The van der Waals surface area contributed by atoms with Crippen LogP contribution in [0.4, 0.5) is 0 Å². The smallest absolute Gasteiger partial charge is 0.305 e. The van der Waals surface area contributed by atoms with Crippen molar-refractivity contribution in [3.8, 4) is 17.2 Å². The lowest BCUT2D eigenvalue weighted by atomic mass is 10.0. The highest BCUT2D eigenvalue weighted by atomic mass is 16.5. The first kappa shape index (κ1) is 18.6. The number of aliphatic carboxylic acids is 1. The molecule has 2 aromatic rings. The third-order valence-electron chi connectivity index (χ3n) is 4.67. The van der Waals surface area contributed by atoms with Crippen LogP contribution in [0.5, 0.6) is 17.2 Å². The molecular weight excluding hydrogens is 350 g/mol. The van der Waals surface area contributed by atoms with Crippen LogP contribution in [0, 0.1) is 0 Å². The summed E-state index contributed by atoms with van der Waals surface area (Å²) in [4.78, 5) is 26.0. The summed E-state index contributed by atoms with van der Waals surface area (Å²) >= 11 is 0. The lowest BCUT2D eigenvalue weighted by Gasteiger charge is -2.28. The number of carbonyl (C=O) groups is 2. The number of ether oxygens (including phenoxy) is 3. The van der Waals surface area contributed by atoms with Gasteiger partial charge >= 0.3 is 5.97 Å². The van der Waals surface area contributed by atoms with E-state index in [4.69, 9.17) is 14.2 Å². The normalized spacial score (nSPS) is 13.9. The van der Waals surface area contributed by atoms with Crippen molar-refractivity contribution in [2.75, 3.05) is 21.3 Å². The van der Waals surface area contributed by atoms with E-state index >= 15 is 0 Å². The molecule has 0 radical (unpaired) electrons. The maximum atomic E-state index is 12.9. The zero-order valence-electron chi connectivity index (χ0n) is 15.4. The van der Waals surface area contributed by atoms with E-state index in [1.165, 1.54) is 21.3 Å². The maximum Gasteiger partial charge on any atom is 0.305 e. The predicted octanol–water partition coefficient (Wildman–Crippen LogP) is 2.88. The molecule has 1 atom stereocenters. The van der Waals surface area contributed by atoms with Crippen LogP contribution in [0.2, 0.25) is 0 Å². The fourth-order valence-electron chi connectivity index (χ4n) is 3.40. The minimum atomic E-state index is -1.00. The standard InChI is InChI=1S/C20H21NO6/c1-25-16-8-13(9-17(26-2)19(16)27-3)15(10-18(22)23)21-11-12-6-4-5-7-14(12)20(21)24/h4-9,15H,10-11H2,1-3H3,(H,22,23)/t15-/m1/s1. The van der Waals surface area contributed by atoms with Gasteiger partial charge in [0.1, 0.15) is 0 Å². The molecule has 1 N–H and O–H groups in total. The first-order valence-corrected chi connectivity index (χ1v) is 8.40. The fraction of sp³-hybridized carbons (Fsp3) is 0.300. The number of fused-ring (bicyclic) bond motifs is 1. The molecule has 0 saturated carbocycles. The summed E-state index contributed by atoms with van der Waals surface area (Å²) in [6.45, 7) is 0.351. The van der Waals surface area contributed by atoms with Gasteiger partial charge in [0.2, 0.25) is 5.75 Å². The molecule has 3 rings (SSSR count). The number of hydrogen-bond donors (Lipinski definition) is 1. The Hall–Kier alpha value is -3.22. The third-order valence-corrected chi connectivity index (χ3v) is 4.67. The molecular formula is C20H21NO6.